The smallest absolute Gasteiger partial charge is 0.354 e. The van der Waals surface area contributed by atoms with Crippen molar-refractivity contribution in [1.29, 1.82) is 0 Å². The predicted octanol–water partition coefficient (Wildman–Crippen LogP) is 1.34. The van der Waals surface area contributed by atoms with Crippen LogP contribution in [0.5, 0.6) is 0 Å². The lowest BCUT2D eigenvalue weighted by Gasteiger charge is -2.35. The molecule has 2 aliphatic carbocycles. The van der Waals surface area contributed by atoms with Crippen LogP contribution in [-0.4, -0.2) is 39.6 Å². The van der Waals surface area contributed by atoms with E-state index in [1.807, 2.05) is 6.07 Å². The van der Waals surface area contributed by atoms with Crippen molar-refractivity contribution < 1.29 is 0 Å². The molecule has 3 aliphatic rings. The number of likely N-dealkylation sites (tertiary alicyclic amines) is 1. The van der Waals surface area contributed by atoms with Crippen LogP contribution in [-0.2, 0) is 12.8 Å². The summed E-state index contributed by atoms with van der Waals surface area (Å²) in [6.07, 6.45) is 4.97. The molecular weight excluding hydrogens is 338 g/mol. The van der Waals surface area contributed by atoms with Crippen molar-refractivity contribution in [2.75, 3.05) is 18.8 Å². The number of hydrogen-bond acceptors (Lipinski definition) is 5. The minimum Gasteiger partial charge on any atom is -0.383 e. The minimum absolute atomic E-state index is 0.253. The second-order valence-electron chi connectivity index (χ2n) is 9.07. The number of nitrogen functional groups attached to an aromatic ring is 1. The lowest BCUT2D eigenvalue weighted by atomic mass is 9.87. The summed E-state index contributed by atoms with van der Waals surface area (Å²) in [7, 11) is 0. The van der Waals surface area contributed by atoms with Crippen LogP contribution in [0.4, 0.5) is 5.82 Å². The Bertz CT molecular complexity index is 967. The van der Waals surface area contributed by atoms with E-state index < -0.39 is 0 Å². The van der Waals surface area contributed by atoms with Gasteiger partial charge in [-0.15, -0.1) is 0 Å². The number of anilines is 1. The molecule has 27 heavy (non-hydrogen) atoms. The molecule has 0 radical (unpaired) electrons. The van der Waals surface area contributed by atoms with Gasteiger partial charge in [0.15, 0.2) is 0 Å². The van der Waals surface area contributed by atoms with Gasteiger partial charge in [0.05, 0.1) is 5.69 Å². The van der Waals surface area contributed by atoms with Gasteiger partial charge in [0.25, 0.3) is 0 Å². The summed E-state index contributed by atoms with van der Waals surface area (Å²) in [4.78, 5) is 18.6. The van der Waals surface area contributed by atoms with E-state index in [0.717, 1.165) is 38.0 Å². The highest BCUT2D eigenvalue weighted by Gasteiger charge is 2.73. The first-order valence-corrected chi connectivity index (χ1v) is 9.79. The number of fused-ring (bicyclic) bond motifs is 2. The molecule has 2 aromatic rings. The van der Waals surface area contributed by atoms with Gasteiger partial charge in [0.1, 0.15) is 5.82 Å². The normalized spacial score (nSPS) is 34.9. The number of aryl methyl sites for hydroxylation is 1. The van der Waals surface area contributed by atoms with Gasteiger partial charge in [0.2, 0.25) is 0 Å². The molecule has 4 atom stereocenters. The van der Waals surface area contributed by atoms with Gasteiger partial charge in [-0.05, 0) is 48.6 Å². The highest BCUT2D eigenvalue weighted by Crippen LogP contribution is 2.66. The van der Waals surface area contributed by atoms with Crippen molar-refractivity contribution in [2.45, 2.75) is 45.2 Å². The van der Waals surface area contributed by atoms with E-state index in [1.54, 1.807) is 16.8 Å². The summed E-state index contributed by atoms with van der Waals surface area (Å²) in [6, 6.07) is 8.92. The van der Waals surface area contributed by atoms with Crippen LogP contribution in [0.25, 0.3) is 5.69 Å². The molecule has 0 amide bonds. The Morgan fingerprint density at radius 3 is 2.59 bits per heavy atom. The molecule has 1 aliphatic heterocycles. The Morgan fingerprint density at radius 1 is 1.15 bits per heavy atom. The number of rotatable bonds is 2. The minimum atomic E-state index is -0.335. The van der Waals surface area contributed by atoms with Crippen LogP contribution in [0, 0.1) is 10.8 Å². The van der Waals surface area contributed by atoms with Crippen LogP contribution in [0.2, 0.25) is 0 Å². The number of aromatic nitrogens is 2. The van der Waals surface area contributed by atoms with Crippen LogP contribution < -0.4 is 17.2 Å². The predicted molar refractivity (Wildman–Crippen MR) is 106 cm³/mol. The molecule has 6 nitrogen and oxygen atoms in total. The second-order valence-corrected chi connectivity index (χ2v) is 9.07. The summed E-state index contributed by atoms with van der Waals surface area (Å²) < 4.78 is 1.56. The fourth-order valence-electron chi connectivity index (χ4n) is 5.51. The van der Waals surface area contributed by atoms with E-state index in [2.05, 4.69) is 35.9 Å². The maximum absolute atomic E-state index is 12.1. The van der Waals surface area contributed by atoms with Crippen molar-refractivity contribution >= 4 is 5.82 Å². The van der Waals surface area contributed by atoms with Gasteiger partial charge in [0, 0.05) is 42.2 Å². The van der Waals surface area contributed by atoms with E-state index in [4.69, 9.17) is 11.5 Å². The highest BCUT2D eigenvalue weighted by atomic mass is 16.1. The lowest BCUT2D eigenvalue weighted by Crippen LogP contribution is -2.42. The maximum atomic E-state index is 12.1. The SMILES string of the molecule is C[C@@]12CN(C3CCc4cc(-n5ccc(N)nc5=O)ccc4C3)C[C@]1(C)C2N. The third-order valence-electron chi connectivity index (χ3n) is 7.67. The average Bonchev–Trinajstić information content (AvgIpc) is 2.91. The van der Waals surface area contributed by atoms with Crippen molar-refractivity contribution in [3.05, 3.63) is 52.1 Å². The molecule has 0 bridgehead atoms. The molecule has 2 fully saturated rings. The summed E-state index contributed by atoms with van der Waals surface area (Å²) >= 11 is 0. The third kappa shape index (κ3) is 2.33. The molecule has 1 saturated heterocycles. The zero-order valence-electron chi connectivity index (χ0n) is 16.0. The first-order valence-electron chi connectivity index (χ1n) is 9.79. The van der Waals surface area contributed by atoms with Crippen molar-refractivity contribution in [2.24, 2.45) is 16.6 Å². The van der Waals surface area contributed by atoms with Gasteiger partial charge < -0.3 is 11.5 Å². The van der Waals surface area contributed by atoms with Crippen LogP contribution >= 0.6 is 0 Å². The number of nitrogens with two attached hydrogens (primary N) is 2. The third-order valence-corrected chi connectivity index (χ3v) is 7.67. The van der Waals surface area contributed by atoms with Crippen LogP contribution in [0.1, 0.15) is 31.4 Å². The molecule has 6 heteroatoms. The largest absolute Gasteiger partial charge is 0.383 e. The number of hydrogen-bond donors (Lipinski definition) is 2. The molecule has 1 saturated carbocycles. The molecule has 5 rings (SSSR count). The fourth-order valence-corrected chi connectivity index (χ4v) is 5.51. The monoisotopic (exact) mass is 365 g/mol. The van der Waals surface area contributed by atoms with E-state index in [1.165, 1.54) is 11.1 Å². The van der Waals surface area contributed by atoms with E-state index >= 15 is 0 Å². The van der Waals surface area contributed by atoms with Crippen LogP contribution in [0.15, 0.2) is 35.3 Å². The summed E-state index contributed by atoms with van der Waals surface area (Å²) in [5.74, 6) is 0.253. The molecule has 142 valence electrons. The lowest BCUT2D eigenvalue weighted by molar-refractivity contribution is 0.178. The Labute approximate surface area is 159 Å². The highest BCUT2D eigenvalue weighted by molar-refractivity contribution is 5.43. The Morgan fingerprint density at radius 2 is 1.89 bits per heavy atom. The van der Waals surface area contributed by atoms with Gasteiger partial charge in [-0.25, -0.2) is 4.79 Å². The van der Waals surface area contributed by atoms with Crippen molar-refractivity contribution in [1.82, 2.24) is 14.5 Å². The Balaban J connectivity index is 1.36. The quantitative estimate of drug-likeness (QED) is 0.838. The Kier molecular flexibility index (Phi) is 3.41. The summed E-state index contributed by atoms with van der Waals surface area (Å²) in [5.41, 5.74) is 15.8. The number of nitrogens with zero attached hydrogens (tertiary/aromatic N) is 3. The fraction of sp³-hybridized carbons (Fsp3) is 0.524. The van der Waals surface area contributed by atoms with Crippen molar-refractivity contribution in [3.63, 3.8) is 0 Å². The molecule has 1 aromatic carbocycles. The molecule has 2 heterocycles. The topological polar surface area (TPSA) is 90.2 Å². The Hall–Kier alpha value is -2.18. The number of piperidine rings is 1. The van der Waals surface area contributed by atoms with Gasteiger partial charge in [-0.2, -0.15) is 4.98 Å². The van der Waals surface area contributed by atoms with Gasteiger partial charge >= 0.3 is 5.69 Å². The molecule has 2 unspecified atom stereocenters. The summed E-state index contributed by atoms with van der Waals surface area (Å²) in [6.45, 7) is 6.93. The second kappa shape index (κ2) is 5.42. The van der Waals surface area contributed by atoms with Gasteiger partial charge in [-0.1, -0.05) is 19.9 Å². The van der Waals surface area contributed by atoms with Crippen LogP contribution in [0.3, 0.4) is 0 Å². The van der Waals surface area contributed by atoms with E-state index in [9.17, 15) is 4.79 Å². The molecule has 4 N–H and O–H groups in total. The average molecular weight is 365 g/mol. The first kappa shape index (κ1) is 17.0. The number of benzene rings is 1. The first-order chi connectivity index (χ1) is 12.8. The molecule has 1 aromatic heterocycles. The zero-order chi connectivity index (χ0) is 19.0. The van der Waals surface area contributed by atoms with Gasteiger partial charge in [-0.3, -0.25) is 9.47 Å². The standard InChI is InChI=1S/C21H27N5O/c1-20-11-25(12-21(20,2)18(20)23)15-5-3-14-10-16(6-4-13(14)9-15)26-8-7-17(22)24-19(26)27/h4,6-8,10,15,18H,3,5,9,11-12,23H2,1-2H3,(H2,22,24,27)/t15?,18?,20-,21+. The molecule has 0 spiro atoms. The molecular formula is C21H27N5O. The van der Waals surface area contributed by atoms with Crippen molar-refractivity contribution in [3.8, 4) is 5.69 Å². The summed E-state index contributed by atoms with van der Waals surface area (Å²) in [5, 5.41) is 0. The van der Waals surface area contributed by atoms with E-state index in [0.29, 0.717) is 22.9 Å². The maximum Gasteiger partial charge on any atom is 0.354 e. The van der Waals surface area contributed by atoms with E-state index in [-0.39, 0.29) is 11.5 Å². The zero-order valence-corrected chi connectivity index (χ0v) is 16.0.